The summed E-state index contributed by atoms with van der Waals surface area (Å²) in [7, 11) is 0. The molecule has 0 amide bonds. The zero-order chi connectivity index (χ0) is 12.3. The topological polar surface area (TPSA) is 61.7 Å². The number of hydrogen-bond donors (Lipinski definition) is 1. The first kappa shape index (κ1) is 11.2. The summed E-state index contributed by atoms with van der Waals surface area (Å²) in [4.78, 5) is 6.86. The number of benzene rings is 1. The molecule has 0 saturated heterocycles. The van der Waals surface area contributed by atoms with Crippen LogP contribution in [0.3, 0.4) is 0 Å². The van der Waals surface area contributed by atoms with E-state index in [0.29, 0.717) is 5.82 Å². The van der Waals surface area contributed by atoms with Gasteiger partial charge in [0.05, 0.1) is 18.0 Å². The molecule has 17 heavy (non-hydrogen) atoms. The Balaban J connectivity index is 2.20. The third-order valence-corrected chi connectivity index (χ3v) is 2.22. The van der Waals surface area contributed by atoms with Gasteiger partial charge in [-0.3, -0.25) is 0 Å². The monoisotopic (exact) mass is 227 g/mol. The van der Waals surface area contributed by atoms with E-state index in [-0.39, 0.29) is 6.10 Å². The van der Waals surface area contributed by atoms with Gasteiger partial charge in [0, 0.05) is 0 Å². The van der Waals surface area contributed by atoms with Gasteiger partial charge in [-0.25, -0.2) is 4.98 Å². The second-order valence-electron chi connectivity index (χ2n) is 3.95. The highest BCUT2D eigenvalue weighted by Crippen LogP contribution is 2.21. The Kier molecular flexibility index (Phi) is 3.10. The van der Waals surface area contributed by atoms with E-state index < -0.39 is 0 Å². The maximum Gasteiger partial charge on any atom is 0.210 e. The molecule has 0 fully saturated rings. The maximum atomic E-state index is 8.68. The fourth-order valence-corrected chi connectivity index (χ4v) is 1.51. The second kappa shape index (κ2) is 4.71. The van der Waals surface area contributed by atoms with Crippen LogP contribution in [-0.4, -0.2) is 16.1 Å². The average Bonchev–Trinajstić information content (AvgIpc) is 2.78. The van der Waals surface area contributed by atoms with Crippen LogP contribution in [0.2, 0.25) is 0 Å². The number of nitrogens with zero attached hydrogens (tertiary/aromatic N) is 2. The van der Waals surface area contributed by atoms with Crippen molar-refractivity contribution in [1.29, 1.82) is 5.26 Å². The summed E-state index contributed by atoms with van der Waals surface area (Å²) in [6.07, 6.45) is 1.81. The van der Waals surface area contributed by atoms with Crippen molar-refractivity contribution >= 4 is 0 Å². The zero-order valence-corrected chi connectivity index (χ0v) is 9.77. The van der Waals surface area contributed by atoms with Gasteiger partial charge in [0.2, 0.25) is 5.82 Å². The Morgan fingerprint density at radius 2 is 2.00 bits per heavy atom. The third kappa shape index (κ3) is 2.64. The predicted octanol–water partition coefficient (Wildman–Crippen LogP) is 2.74. The minimum Gasteiger partial charge on any atom is -0.491 e. The van der Waals surface area contributed by atoms with E-state index in [4.69, 9.17) is 10.00 Å². The summed E-state index contributed by atoms with van der Waals surface area (Å²) in [6, 6.07) is 9.65. The van der Waals surface area contributed by atoms with Crippen LogP contribution in [-0.2, 0) is 0 Å². The number of ether oxygens (including phenoxy) is 1. The number of nitrogens with one attached hydrogen (secondary N) is 1. The first-order valence-electron chi connectivity index (χ1n) is 5.41. The van der Waals surface area contributed by atoms with Crippen LogP contribution < -0.4 is 4.74 Å². The number of H-pyrrole nitrogens is 1. The van der Waals surface area contributed by atoms with Crippen LogP contribution in [0.25, 0.3) is 11.3 Å². The molecule has 1 aromatic carbocycles. The Morgan fingerprint density at radius 1 is 1.29 bits per heavy atom. The molecule has 2 aromatic rings. The van der Waals surface area contributed by atoms with E-state index in [1.54, 1.807) is 6.20 Å². The molecule has 0 unspecified atom stereocenters. The minimum absolute atomic E-state index is 0.165. The van der Waals surface area contributed by atoms with Crippen LogP contribution in [0.1, 0.15) is 19.7 Å². The van der Waals surface area contributed by atoms with Crippen molar-refractivity contribution in [2.24, 2.45) is 0 Å². The van der Waals surface area contributed by atoms with E-state index in [9.17, 15) is 0 Å². The largest absolute Gasteiger partial charge is 0.491 e. The molecule has 4 nitrogen and oxygen atoms in total. The Morgan fingerprint density at radius 3 is 2.53 bits per heavy atom. The van der Waals surface area contributed by atoms with E-state index in [1.165, 1.54) is 0 Å². The molecule has 0 aliphatic carbocycles. The number of nitriles is 1. The van der Waals surface area contributed by atoms with E-state index >= 15 is 0 Å². The molecule has 4 heteroatoms. The fourth-order valence-electron chi connectivity index (χ4n) is 1.51. The standard InChI is InChI=1S/C13H13N3O/c1-9(2)17-11-5-3-10(4-6-11)12-8-15-13(7-14)16-12/h3-6,8-9H,1-2H3,(H,15,16). The van der Waals surface area contributed by atoms with Crippen molar-refractivity contribution in [3.8, 4) is 23.1 Å². The molecule has 0 bridgehead atoms. The van der Waals surface area contributed by atoms with Crippen LogP contribution >= 0.6 is 0 Å². The zero-order valence-electron chi connectivity index (χ0n) is 9.77. The lowest BCUT2D eigenvalue weighted by Crippen LogP contribution is -2.05. The molecule has 0 radical (unpaired) electrons. The van der Waals surface area contributed by atoms with E-state index in [1.807, 2.05) is 44.2 Å². The van der Waals surface area contributed by atoms with Crippen LogP contribution in [0.5, 0.6) is 5.75 Å². The lowest BCUT2D eigenvalue weighted by Gasteiger charge is -2.09. The predicted molar refractivity (Wildman–Crippen MR) is 64.5 cm³/mol. The van der Waals surface area contributed by atoms with Gasteiger partial charge >= 0.3 is 0 Å². The van der Waals surface area contributed by atoms with Crippen molar-refractivity contribution in [3.05, 3.63) is 36.3 Å². The lowest BCUT2D eigenvalue weighted by molar-refractivity contribution is 0.242. The van der Waals surface area contributed by atoms with Gasteiger partial charge in [-0.2, -0.15) is 5.26 Å². The summed E-state index contributed by atoms with van der Waals surface area (Å²) in [5.74, 6) is 1.16. The quantitative estimate of drug-likeness (QED) is 0.876. The van der Waals surface area contributed by atoms with E-state index in [2.05, 4.69) is 9.97 Å². The maximum absolute atomic E-state index is 8.68. The number of aromatic amines is 1. The van der Waals surface area contributed by atoms with Crippen molar-refractivity contribution in [3.63, 3.8) is 0 Å². The molecule has 1 heterocycles. The molecule has 1 aromatic heterocycles. The van der Waals surface area contributed by atoms with Crippen LogP contribution in [0.4, 0.5) is 0 Å². The smallest absolute Gasteiger partial charge is 0.210 e. The van der Waals surface area contributed by atoms with Gasteiger partial charge in [0.15, 0.2) is 0 Å². The molecule has 0 aliphatic rings. The summed E-state index contributed by atoms with van der Waals surface area (Å²) in [6.45, 7) is 3.98. The minimum atomic E-state index is 0.165. The lowest BCUT2D eigenvalue weighted by atomic mass is 10.1. The van der Waals surface area contributed by atoms with Crippen molar-refractivity contribution in [2.45, 2.75) is 20.0 Å². The van der Waals surface area contributed by atoms with Gasteiger partial charge in [0.25, 0.3) is 0 Å². The molecular weight excluding hydrogens is 214 g/mol. The normalized spacial score (nSPS) is 10.2. The highest BCUT2D eigenvalue weighted by atomic mass is 16.5. The van der Waals surface area contributed by atoms with Gasteiger partial charge in [-0.05, 0) is 43.7 Å². The first-order chi connectivity index (χ1) is 8.19. The fraction of sp³-hybridized carbons (Fsp3) is 0.231. The molecule has 0 atom stereocenters. The summed E-state index contributed by atoms with van der Waals surface area (Å²) in [5.41, 5.74) is 1.81. The highest BCUT2D eigenvalue weighted by Gasteiger charge is 2.03. The molecular formula is C13H13N3O. The molecule has 0 aliphatic heterocycles. The molecule has 86 valence electrons. The van der Waals surface area contributed by atoms with Crippen molar-refractivity contribution in [2.75, 3.05) is 0 Å². The summed E-state index contributed by atoms with van der Waals surface area (Å²) >= 11 is 0. The molecule has 2 rings (SSSR count). The summed E-state index contributed by atoms with van der Waals surface area (Å²) < 4.78 is 5.55. The Hall–Kier alpha value is -2.28. The number of aromatic nitrogens is 2. The van der Waals surface area contributed by atoms with Gasteiger partial charge in [-0.1, -0.05) is 0 Å². The SMILES string of the molecule is CC(C)Oc1ccc(-c2cnc(C#N)[nH]2)cc1. The first-order valence-corrected chi connectivity index (χ1v) is 5.41. The molecule has 0 spiro atoms. The second-order valence-corrected chi connectivity index (χ2v) is 3.95. The number of hydrogen-bond acceptors (Lipinski definition) is 3. The number of rotatable bonds is 3. The van der Waals surface area contributed by atoms with Crippen molar-refractivity contribution in [1.82, 2.24) is 9.97 Å². The van der Waals surface area contributed by atoms with Crippen LogP contribution in [0.15, 0.2) is 30.5 Å². The van der Waals surface area contributed by atoms with Crippen LogP contribution in [0, 0.1) is 11.3 Å². The average molecular weight is 227 g/mol. The van der Waals surface area contributed by atoms with Gasteiger partial charge in [-0.15, -0.1) is 0 Å². The number of imidazole rings is 1. The van der Waals surface area contributed by atoms with Gasteiger partial charge in [0.1, 0.15) is 11.8 Å². The molecule has 0 saturated carbocycles. The third-order valence-electron chi connectivity index (χ3n) is 2.22. The molecule has 1 N–H and O–H groups in total. The van der Waals surface area contributed by atoms with Gasteiger partial charge < -0.3 is 9.72 Å². The Bertz CT molecular complexity index is 535. The summed E-state index contributed by atoms with van der Waals surface area (Å²) in [5, 5.41) is 8.68. The van der Waals surface area contributed by atoms with Crippen molar-refractivity contribution < 1.29 is 4.74 Å². The Labute approximate surface area is 99.9 Å². The van der Waals surface area contributed by atoms with E-state index in [0.717, 1.165) is 17.0 Å². The highest BCUT2D eigenvalue weighted by molar-refractivity contribution is 5.59.